The number of primary amides is 1. The van der Waals surface area contributed by atoms with Gasteiger partial charge in [-0.2, -0.15) is 0 Å². The minimum atomic E-state index is -0.639. The normalized spacial score (nSPS) is 9.67. The van der Waals surface area contributed by atoms with Crippen LogP contribution in [0.1, 0.15) is 15.9 Å². The zero-order valence-electron chi connectivity index (χ0n) is 8.32. The molecule has 0 spiro atoms. The van der Waals surface area contributed by atoms with Crippen molar-refractivity contribution >= 4 is 11.8 Å². The van der Waals surface area contributed by atoms with Gasteiger partial charge in [0.2, 0.25) is 5.91 Å². The number of carbonyl (C=O) groups is 2. The van der Waals surface area contributed by atoms with Crippen molar-refractivity contribution in [3.63, 3.8) is 0 Å². The Balaban J connectivity index is 2.50. The summed E-state index contributed by atoms with van der Waals surface area (Å²) in [5.74, 6) is -1.04. The lowest BCUT2D eigenvalue weighted by Crippen LogP contribution is -2.29. The molecule has 2 amide bonds. The number of aryl methyl sites for hydroxylation is 1. The van der Waals surface area contributed by atoms with Gasteiger partial charge in [0.05, 0.1) is 0 Å². The molecule has 0 aliphatic rings. The van der Waals surface area contributed by atoms with E-state index in [2.05, 4.69) is 10.3 Å². The Kier molecular flexibility index (Phi) is 3.82. The first-order valence-electron chi connectivity index (χ1n) is 4.36. The predicted molar refractivity (Wildman–Crippen MR) is 53.8 cm³/mol. The van der Waals surface area contributed by atoms with Crippen LogP contribution in [0.5, 0.6) is 0 Å². The Labute approximate surface area is 87.2 Å². The predicted octanol–water partition coefficient (Wildman–Crippen LogP) is 0.142. The lowest BCUT2D eigenvalue weighted by atomic mass is 10.1. The third-order valence-corrected chi connectivity index (χ3v) is 1.66. The molecule has 0 radical (unpaired) electrons. The van der Waals surface area contributed by atoms with E-state index in [1.807, 2.05) is 13.0 Å². The molecule has 0 aromatic heterocycles. The molecule has 0 aliphatic heterocycles. The molecule has 0 unspecified atom stereocenters. The van der Waals surface area contributed by atoms with Crippen molar-refractivity contribution in [2.45, 2.75) is 6.92 Å². The van der Waals surface area contributed by atoms with Crippen LogP contribution in [0.15, 0.2) is 24.3 Å². The highest BCUT2D eigenvalue weighted by atomic mass is 16.7. The summed E-state index contributed by atoms with van der Waals surface area (Å²) in [5, 5.41) is 0. The Morgan fingerprint density at radius 3 is 2.80 bits per heavy atom. The number of benzene rings is 1. The first-order chi connectivity index (χ1) is 7.09. The van der Waals surface area contributed by atoms with Gasteiger partial charge in [0, 0.05) is 5.56 Å². The van der Waals surface area contributed by atoms with Gasteiger partial charge in [-0.1, -0.05) is 17.7 Å². The van der Waals surface area contributed by atoms with Crippen LogP contribution in [0, 0.1) is 6.92 Å². The molecule has 0 atom stereocenters. The number of rotatable bonds is 4. The highest BCUT2D eigenvalue weighted by molar-refractivity contribution is 5.93. The summed E-state index contributed by atoms with van der Waals surface area (Å²) >= 11 is 0. The van der Waals surface area contributed by atoms with Gasteiger partial charge in [0.25, 0.3) is 5.91 Å². The second-order valence-corrected chi connectivity index (χ2v) is 3.06. The summed E-state index contributed by atoms with van der Waals surface area (Å²) in [6.07, 6.45) is 0. The lowest BCUT2D eigenvalue weighted by Gasteiger charge is -2.04. The van der Waals surface area contributed by atoms with Gasteiger partial charge in [0.15, 0.2) is 6.61 Å². The van der Waals surface area contributed by atoms with Crippen molar-refractivity contribution < 1.29 is 14.4 Å². The van der Waals surface area contributed by atoms with Gasteiger partial charge < -0.3 is 5.73 Å². The summed E-state index contributed by atoms with van der Waals surface area (Å²) in [6, 6.07) is 7.00. The van der Waals surface area contributed by atoms with Crippen LogP contribution in [-0.4, -0.2) is 18.4 Å². The van der Waals surface area contributed by atoms with E-state index in [4.69, 9.17) is 5.73 Å². The van der Waals surface area contributed by atoms with E-state index in [0.29, 0.717) is 5.56 Å². The largest absolute Gasteiger partial charge is 0.368 e. The molecule has 0 fully saturated rings. The quantitative estimate of drug-likeness (QED) is 0.690. The summed E-state index contributed by atoms with van der Waals surface area (Å²) in [5.41, 5.74) is 8.39. The lowest BCUT2D eigenvalue weighted by molar-refractivity contribution is -0.124. The second-order valence-electron chi connectivity index (χ2n) is 3.06. The maximum atomic E-state index is 11.4. The van der Waals surface area contributed by atoms with E-state index in [1.54, 1.807) is 18.2 Å². The van der Waals surface area contributed by atoms with E-state index in [1.165, 1.54) is 0 Å². The van der Waals surface area contributed by atoms with E-state index in [9.17, 15) is 9.59 Å². The minimum Gasteiger partial charge on any atom is -0.368 e. The number of hydroxylamine groups is 1. The average Bonchev–Trinajstić information content (AvgIpc) is 2.17. The molecule has 0 saturated heterocycles. The first-order valence-corrected chi connectivity index (χ1v) is 4.36. The summed E-state index contributed by atoms with van der Waals surface area (Å²) in [7, 11) is 0. The molecule has 0 heterocycles. The van der Waals surface area contributed by atoms with Gasteiger partial charge in [-0.25, -0.2) is 5.48 Å². The molecule has 1 aromatic carbocycles. The van der Waals surface area contributed by atoms with Crippen molar-refractivity contribution in [3.05, 3.63) is 35.4 Å². The fourth-order valence-corrected chi connectivity index (χ4v) is 1.02. The molecule has 15 heavy (non-hydrogen) atoms. The monoisotopic (exact) mass is 208 g/mol. The fourth-order valence-electron chi connectivity index (χ4n) is 1.02. The Morgan fingerprint density at radius 1 is 1.47 bits per heavy atom. The molecule has 5 nitrogen and oxygen atoms in total. The number of hydrogen-bond acceptors (Lipinski definition) is 3. The second kappa shape index (κ2) is 5.11. The smallest absolute Gasteiger partial charge is 0.274 e. The number of carbonyl (C=O) groups excluding carboxylic acids is 2. The third kappa shape index (κ3) is 3.78. The average molecular weight is 208 g/mol. The van der Waals surface area contributed by atoms with Crippen molar-refractivity contribution in [1.29, 1.82) is 0 Å². The van der Waals surface area contributed by atoms with Crippen LogP contribution in [0.2, 0.25) is 0 Å². The number of nitrogens with one attached hydrogen (secondary N) is 1. The van der Waals surface area contributed by atoms with Gasteiger partial charge in [0.1, 0.15) is 0 Å². The molecule has 3 N–H and O–H groups in total. The van der Waals surface area contributed by atoms with Crippen molar-refractivity contribution in [2.75, 3.05) is 6.61 Å². The Morgan fingerprint density at radius 2 is 2.20 bits per heavy atom. The first kappa shape index (κ1) is 11.2. The van der Waals surface area contributed by atoms with E-state index in [-0.39, 0.29) is 6.61 Å². The van der Waals surface area contributed by atoms with E-state index in [0.717, 1.165) is 5.56 Å². The zero-order valence-corrected chi connectivity index (χ0v) is 8.32. The molecular formula is C10H12N2O3. The van der Waals surface area contributed by atoms with Crippen molar-refractivity contribution in [3.8, 4) is 0 Å². The topological polar surface area (TPSA) is 81.4 Å². The van der Waals surface area contributed by atoms with Crippen molar-refractivity contribution in [1.82, 2.24) is 5.48 Å². The molecule has 5 heteroatoms. The summed E-state index contributed by atoms with van der Waals surface area (Å²) < 4.78 is 0. The Hall–Kier alpha value is -1.88. The van der Waals surface area contributed by atoms with E-state index >= 15 is 0 Å². The summed E-state index contributed by atoms with van der Waals surface area (Å²) in [6.45, 7) is 1.54. The zero-order chi connectivity index (χ0) is 11.3. The Bertz CT molecular complexity index is 377. The van der Waals surface area contributed by atoms with E-state index < -0.39 is 11.8 Å². The molecule has 1 rings (SSSR count). The minimum absolute atomic E-state index is 0.336. The van der Waals surface area contributed by atoms with Crippen LogP contribution >= 0.6 is 0 Å². The van der Waals surface area contributed by atoms with Crippen LogP contribution in [0.3, 0.4) is 0 Å². The molecule has 0 saturated carbocycles. The SMILES string of the molecule is Cc1cccc(C(=O)NOCC(N)=O)c1. The third-order valence-electron chi connectivity index (χ3n) is 1.66. The molecule has 80 valence electrons. The fraction of sp³-hybridized carbons (Fsp3) is 0.200. The van der Waals surface area contributed by atoms with Crippen LogP contribution in [0.25, 0.3) is 0 Å². The number of hydrogen-bond donors (Lipinski definition) is 2. The molecule has 0 bridgehead atoms. The number of nitrogens with two attached hydrogens (primary N) is 1. The maximum absolute atomic E-state index is 11.4. The molecule has 1 aromatic rings. The van der Waals surface area contributed by atoms with Crippen LogP contribution in [0.4, 0.5) is 0 Å². The highest BCUT2D eigenvalue weighted by Gasteiger charge is 2.05. The number of amides is 2. The van der Waals surface area contributed by atoms with Crippen LogP contribution in [-0.2, 0) is 9.63 Å². The molecular weight excluding hydrogens is 196 g/mol. The highest BCUT2D eigenvalue weighted by Crippen LogP contribution is 2.03. The summed E-state index contributed by atoms with van der Waals surface area (Å²) in [4.78, 5) is 26.3. The van der Waals surface area contributed by atoms with Crippen LogP contribution < -0.4 is 11.2 Å². The van der Waals surface area contributed by atoms with Gasteiger partial charge in [-0.3, -0.25) is 14.4 Å². The standard InChI is InChI=1S/C10H12N2O3/c1-7-3-2-4-8(5-7)10(14)12-15-6-9(11)13/h2-5H,6H2,1H3,(H2,11,13)(H,12,14). The van der Waals surface area contributed by atoms with Gasteiger partial charge >= 0.3 is 0 Å². The van der Waals surface area contributed by atoms with Gasteiger partial charge in [-0.05, 0) is 19.1 Å². The maximum Gasteiger partial charge on any atom is 0.274 e. The van der Waals surface area contributed by atoms with Crippen molar-refractivity contribution in [2.24, 2.45) is 5.73 Å². The molecule has 0 aliphatic carbocycles. The van der Waals surface area contributed by atoms with Gasteiger partial charge in [-0.15, -0.1) is 0 Å².